The lowest BCUT2D eigenvalue weighted by atomic mass is 10.1. The third-order valence-electron chi connectivity index (χ3n) is 5.09. The standard InChI is InChI=1S/C22H26FN7O2/c1-14-6-4-5-7-16(14)11-26-19(32-3)10-18(24)20-27-12-17(23)21(28-20)29-8-9-30(22(25)31)15(2)13-29/h4-7,10,12,24,26H,2,8-9,11,13H2,1,3H3,(H2,25,31)/b19-10+,24-18?. The van der Waals surface area contributed by atoms with Crippen molar-refractivity contribution < 1.29 is 13.9 Å². The molecule has 4 N–H and O–H groups in total. The molecule has 1 aliphatic rings. The fourth-order valence-corrected chi connectivity index (χ4v) is 3.29. The SMILES string of the molecule is C=C1CN(c2nc(C(=N)/C=C(\NCc3ccccc3C)OC)ncc2F)CCN1C(N)=O. The average Bonchev–Trinajstić information content (AvgIpc) is 2.77. The first-order chi connectivity index (χ1) is 15.3. The molecule has 0 aliphatic carbocycles. The minimum Gasteiger partial charge on any atom is -0.482 e. The van der Waals surface area contributed by atoms with E-state index < -0.39 is 11.8 Å². The molecule has 0 spiro atoms. The Balaban J connectivity index is 1.74. The van der Waals surface area contributed by atoms with Crippen LogP contribution in [-0.4, -0.2) is 53.4 Å². The second kappa shape index (κ2) is 9.90. The minimum atomic E-state index is -0.629. The fourth-order valence-electron chi connectivity index (χ4n) is 3.29. The molecule has 0 unspecified atom stereocenters. The summed E-state index contributed by atoms with van der Waals surface area (Å²) in [6.45, 7) is 7.12. The number of rotatable bonds is 7. The first kappa shape index (κ1) is 22.7. The third kappa shape index (κ3) is 5.20. The van der Waals surface area contributed by atoms with Crippen LogP contribution in [0.3, 0.4) is 0 Å². The van der Waals surface area contributed by atoms with Crippen molar-refractivity contribution in [2.24, 2.45) is 5.73 Å². The van der Waals surface area contributed by atoms with Crippen LogP contribution in [0, 0.1) is 18.2 Å². The first-order valence-corrected chi connectivity index (χ1v) is 9.95. The van der Waals surface area contributed by atoms with E-state index in [0.717, 1.165) is 17.3 Å². The smallest absolute Gasteiger partial charge is 0.319 e. The van der Waals surface area contributed by atoms with Gasteiger partial charge >= 0.3 is 6.03 Å². The van der Waals surface area contributed by atoms with Gasteiger partial charge in [-0.2, -0.15) is 0 Å². The second-order valence-corrected chi connectivity index (χ2v) is 7.25. The monoisotopic (exact) mass is 439 g/mol. The highest BCUT2D eigenvalue weighted by Crippen LogP contribution is 2.21. The molecule has 1 saturated heterocycles. The molecule has 0 saturated carbocycles. The van der Waals surface area contributed by atoms with E-state index in [4.69, 9.17) is 15.9 Å². The number of allylic oxidation sites excluding steroid dienone is 1. The molecular formula is C22H26FN7O2. The third-order valence-corrected chi connectivity index (χ3v) is 5.09. The number of nitrogens with zero attached hydrogens (tertiary/aromatic N) is 4. The molecule has 0 bridgehead atoms. The summed E-state index contributed by atoms with van der Waals surface area (Å²) >= 11 is 0. The number of carbonyl (C=O) groups is 1. The van der Waals surface area contributed by atoms with Gasteiger partial charge < -0.3 is 20.7 Å². The van der Waals surface area contributed by atoms with Gasteiger partial charge in [0.05, 0.1) is 19.9 Å². The summed E-state index contributed by atoms with van der Waals surface area (Å²) in [6, 6.07) is 7.33. The highest BCUT2D eigenvalue weighted by molar-refractivity contribution is 6.04. The lowest BCUT2D eigenvalue weighted by Crippen LogP contribution is -2.49. The number of piperazine rings is 1. The zero-order valence-corrected chi connectivity index (χ0v) is 18.1. The summed E-state index contributed by atoms with van der Waals surface area (Å²) < 4.78 is 19.8. The number of aromatic nitrogens is 2. The van der Waals surface area contributed by atoms with Gasteiger partial charge in [-0.3, -0.25) is 10.3 Å². The van der Waals surface area contributed by atoms with Gasteiger partial charge in [0, 0.05) is 31.4 Å². The number of nitrogens with two attached hydrogens (primary N) is 1. The number of aryl methyl sites for hydroxylation is 1. The first-order valence-electron chi connectivity index (χ1n) is 9.95. The predicted molar refractivity (Wildman–Crippen MR) is 120 cm³/mol. The van der Waals surface area contributed by atoms with Gasteiger partial charge in [-0.05, 0) is 18.1 Å². The van der Waals surface area contributed by atoms with Gasteiger partial charge in [-0.25, -0.2) is 19.2 Å². The van der Waals surface area contributed by atoms with E-state index in [9.17, 15) is 9.18 Å². The van der Waals surface area contributed by atoms with Crippen LogP contribution >= 0.6 is 0 Å². The number of hydrogen-bond acceptors (Lipinski definition) is 7. The van der Waals surface area contributed by atoms with Crippen LogP contribution in [0.2, 0.25) is 0 Å². The molecule has 9 nitrogen and oxygen atoms in total. The summed E-state index contributed by atoms with van der Waals surface area (Å²) in [6.07, 6.45) is 2.47. The molecule has 10 heteroatoms. The van der Waals surface area contributed by atoms with Gasteiger partial charge in [0.2, 0.25) is 0 Å². The molecule has 2 amide bonds. The van der Waals surface area contributed by atoms with E-state index in [-0.39, 0.29) is 30.4 Å². The Morgan fingerprint density at radius 2 is 2.16 bits per heavy atom. The maximum atomic E-state index is 14.5. The number of amides is 2. The molecule has 1 aliphatic heterocycles. The number of nitrogens with one attached hydrogen (secondary N) is 2. The molecule has 1 fully saturated rings. The topological polar surface area (TPSA) is 120 Å². The van der Waals surface area contributed by atoms with E-state index >= 15 is 0 Å². The van der Waals surface area contributed by atoms with Crippen LogP contribution in [-0.2, 0) is 11.3 Å². The molecule has 1 aromatic carbocycles. The van der Waals surface area contributed by atoms with Crippen molar-refractivity contribution in [1.82, 2.24) is 20.2 Å². The zero-order chi connectivity index (χ0) is 23.3. The molecule has 3 rings (SSSR count). The molecule has 0 radical (unpaired) electrons. The number of halogens is 1. The quantitative estimate of drug-likeness (QED) is 0.450. The minimum absolute atomic E-state index is 0.0326. The Morgan fingerprint density at radius 1 is 1.41 bits per heavy atom. The Bertz CT molecular complexity index is 1070. The van der Waals surface area contributed by atoms with Crippen molar-refractivity contribution in [2.75, 3.05) is 31.6 Å². The van der Waals surface area contributed by atoms with Crippen LogP contribution in [0.5, 0.6) is 0 Å². The largest absolute Gasteiger partial charge is 0.482 e. The molecule has 2 aromatic rings. The Kier molecular flexibility index (Phi) is 7.04. The number of hydrogen-bond donors (Lipinski definition) is 3. The number of primary amides is 1. The fraction of sp³-hybridized carbons (Fsp3) is 0.273. The Morgan fingerprint density at radius 3 is 2.81 bits per heavy atom. The average molecular weight is 439 g/mol. The highest BCUT2D eigenvalue weighted by Gasteiger charge is 2.26. The molecule has 2 heterocycles. The maximum absolute atomic E-state index is 14.5. The lowest BCUT2D eigenvalue weighted by molar-refractivity contribution is 0.217. The van der Waals surface area contributed by atoms with Crippen molar-refractivity contribution in [2.45, 2.75) is 13.5 Å². The van der Waals surface area contributed by atoms with Crippen LogP contribution in [0.4, 0.5) is 15.0 Å². The molecule has 32 heavy (non-hydrogen) atoms. The van der Waals surface area contributed by atoms with Crippen LogP contribution in [0.1, 0.15) is 17.0 Å². The lowest BCUT2D eigenvalue weighted by Gasteiger charge is -2.36. The van der Waals surface area contributed by atoms with Gasteiger partial charge in [0.1, 0.15) is 5.71 Å². The maximum Gasteiger partial charge on any atom is 0.319 e. The van der Waals surface area contributed by atoms with Crippen LogP contribution in [0.25, 0.3) is 0 Å². The normalized spacial score (nSPS) is 14.3. The van der Waals surface area contributed by atoms with Crippen LogP contribution < -0.4 is 16.0 Å². The van der Waals surface area contributed by atoms with E-state index in [0.29, 0.717) is 24.7 Å². The highest BCUT2D eigenvalue weighted by atomic mass is 19.1. The van der Waals surface area contributed by atoms with Gasteiger partial charge in [0.25, 0.3) is 0 Å². The van der Waals surface area contributed by atoms with Gasteiger partial charge in [-0.1, -0.05) is 30.8 Å². The zero-order valence-electron chi connectivity index (χ0n) is 18.1. The summed E-state index contributed by atoms with van der Waals surface area (Å²) in [5.74, 6) is -0.200. The summed E-state index contributed by atoms with van der Waals surface area (Å²) in [5.41, 5.74) is 7.95. The summed E-state index contributed by atoms with van der Waals surface area (Å²) in [4.78, 5) is 22.6. The summed E-state index contributed by atoms with van der Waals surface area (Å²) in [5, 5.41) is 11.5. The number of urea groups is 1. The van der Waals surface area contributed by atoms with Crippen LogP contribution in [0.15, 0.2) is 54.7 Å². The van der Waals surface area contributed by atoms with Gasteiger partial charge in [-0.15, -0.1) is 0 Å². The van der Waals surface area contributed by atoms with Crippen molar-refractivity contribution in [1.29, 1.82) is 5.41 Å². The Labute approximate surface area is 185 Å². The van der Waals surface area contributed by atoms with E-state index in [2.05, 4.69) is 21.9 Å². The van der Waals surface area contributed by atoms with Crippen molar-refractivity contribution in [3.05, 3.63) is 77.5 Å². The van der Waals surface area contributed by atoms with E-state index in [1.807, 2.05) is 31.2 Å². The molecular weight excluding hydrogens is 413 g/mol. The van der Waals surface area contributed by atoms with Crippen molar-refractivity contribution in [3.63, 3.8) is 0 Å². The second-order valence-electron chi connectivity index (χ2n) is 7.25. The predicted octanol–water partition coefficient (Wildman–Crippen LogP) is 2.28. The molecule has 0 atom stereocenters. The summed E-state index contributed by atoms with van der Waals surface area (Å²) in [7, 11) is 1.49. The number of methoxy groups -OCH3 is 1. The number of anilines is 1. The number of benzene rings is 1. The van der Waals surface area contributed by atoms with E-state index in [1.54, 1.807) is 4.90 Å². The molecule has 1 aromatic heterocycles. The van der Waals surface area contributed by atoms with Gasteiger partial charge in [0.15, 0.2) is 23.3 Å². The molecule has 168 valence electrons. The Hall–Kier alpha value is -3.95. The number of carbonyl (C=O) groups excluding carboxylic acids is 1. The van der Waals surface area contributed by atoms with E-state index in [1.165, 1.54) is 18.1 Å². The number of ether oxygens (including phenoxy) is 1. The van der Waals surface area contributed by atoms with Crippen molar-refractivity contribution >= 4 is 17.6 Å². The van der Waals surface area contributed by atoms with Crippen molar-refractivity contribution in [3.8, 4) is 0 Å².